The summed E-state index contributed by atoms with van der Waals surface area (Å²) in [6.45, 7) is -1.13. The van der Waals surface area contributed by atoms with Crippen LogP contribution in [0.25, 0.3) is 0 Å². The number of carbonyl (C=O) groups is 2. The number of hydrogen-bond acceptors (Lipinski definition) is 3. The first-order valence-electron chi connectivity index (χ1n) is 4.90. The molecule has 3 aliphatic rings. The molecule has 0 unspecified atom stereocenters. The van der Waals surface area contributed by atoms with E-state index in [1.54, 1.807) is 0 Å². The molecule has 2 N–H and O–H groups in total. The van der Waals surface area contributed by atoms with E-state index in [2.05, 4.69) is 0 Å². The van der Waals surface area contributed by atoms with Gasteiger partial charge in [0.05, 0.1) is 17.6 Å². The lowest BCUT2D eigenvalue weighted by atomic mass is 9.62. The van der Waals surface area contributed by atoms with Crippen molar-refractivity contribution in [1.82, 2.24) is 4.90 Å². The number of aliphatic hydroxyl groups is 1. The van der Waals surface area contributed by atoms with Gasteiger partial charge in [0.25, 0.3) is 0 Å². The van der Waals surface area contributed by atoms with Crippen LogP contribution in [0.3, 0.4) is 0 Å². The summed E-state index contributed by atoms with van der Waals surface area (Å²) in [4.78, 5) is 22.5. The van der Waals surface area contributed by atoms with Crippen LogP contribution < -0.4 is 0 Å². The number of carboxylic acids is 1. The van der Waals surface area contributed by atoms with Crippen molar-refractivity contribution >= 4 is 11.9 Å². The molecule has 2 saturated heterocycles. The molecule has 5 nitrogen and oxygen atoms in total. The maximum atomic E-state index is 12.3. The third-order valence-corrected chi connectivity index (χ3v) is 3.60. The lowest BCUT2D eigenvalue weighted by Crippen LogP contribution is -2.57. The zero-order valence-electron chi connectivity index (χ0n) is 8.62. The molecule has 0 radical (unpaired) electrons. The molecule has 96 valence electrons. The number of aliphatic carboxylic acids is 1. The van der Waals surface area contributed by atoms with E-state index in [-0.39, 0.29) is 12.8 Å². The van der Waals surface area contributed by atoms with Gasteiger partial charge in [0.1, 0.15) is 0 Å². The zero-order valence-corrected chi connectivity index (χ0v) is 8.62. The summed E-state index contributed by atoms with van der Waals surface area (Å²) in [5.74, 6) is -3.30. The van der Waals surface area contributed by atoms with Gasteiger partial charge in [-0.1, -0.05) is 0 Å². The number of halogens is 3. The van der Waals surface area contributed by atoms with E-state index < -0.39 is 42.2 Å². The molecule has 0 atom stereocenters. The van der Waals surface area contributed by atoms with Gasteiger partial charge in [0.15, 0.2) is 0 Å². The van der Waals surface area contributed by atoms with E-state index in [9.17, 15) is 22.8 Å². The van der Waals surface area contributed by atoms with Crippen LogP contribution in [0.4, 0.5) is 13.2 Å². The van der Waals surface area contributed by atoms with E-state index >= 15 is 0 Å². The number of alkyl halides is 3. The number of carboxylic acid groups (broad SMARTS) is 1. The van der Waals surface area contributed by atoms with Gasteiger partial charge in [0, 0.05) is 6.54 Å². The fraction of sp³-hybridized carbons (Fsp3) is 0.778. The molecular weight excluding hydrogens is 243 g/mol. The molecule has 0 aromatic heterocycles. The van der Waals surface area contributed by atoms with Crippen molar-refractivity contribution in [3.8, 4) is 0 Å². The first-order chi connectivity index (χ1) is 7.67. The van der Waals surface area contributed by atoms with E-state index in [1.807, 2.05) is 0 Å². The molecule has 1 amide bonds. The van der Waals surface area contributed by atoms with Gasteiger partial charge in [-0.3, -0.25) is 9.59 Å². The van der Waals surface area contributed by atoms with Crippen LogP contribution >= 0.6 is 0 Å². The number of nitrogens with zero attached hydrogens (tertiary/aromatic N) is 1. The summed E-state index contributed by atoms with van der Waals surface area (Å²) >= 11 is 0. The summed E-state index contributed by atoms with van der Waals surface area (Å²) in [5, 5.41) is 18.0. The second kappa shape index (κ2) is 3.12. The summed E-state index contributed by atoms with van der Waals surface area (Å²) in [6, 6.07) is 0. The number of aliphatic hydroxyl groups excluding tert-OH is 1. The first-order valence-corrected chi connectivity index (χ1v) is 4.90. The lowest BCUT2D eigenvalue weighted by molar-refractivity contribution is -0.190. The number of amides is 1. The maximum absolute atomic E-state index is 12.3. The molecule has 17 heavy (non-hydrogen) atoms. The minimum Gasteiger partial charge on any atom is -0.481 e. The second-order valence-corrected chi connectivity index (χ2v) is 4.71. The molecular formula is C9H10F3NO4. The van der Waals surface area contributed by atoms with Crippen molar-refractivity contribution in [2.45, 2.75) is 24.6 Å². The average molecular weight is 253 g/mol. The third-order valence-electron chi connectivity index (χ3n) is 3.60. The molecule has 1 saturated carbocycles. The van der Waals surface area contributed by atoms with Gasteiger partial charge >= 0.3 is 18.1 Å². The summed E-state index contributed by atoms with van der Waals surface area (Å²) in [7, 11) is 0. The predicted molar refractivity (Wildman–Crippen MR) is 46.9 cm³/mol. The Balaban J connectivity index is 2.27. The van der Waals surface area contributed by atoms with Crippen molar-refractivity contribution in [3.63, 3.8) is 0 Å². The second-order valence-electron chi connectivity index (χ2n) is 4.71. The highest BCUT2D eigenvalue weighted by Crippen LogP contribution is 2.59. The minimum atomic E-state index is -5.04. The highest BCUT2D eigenvalue weighted by Gasteiger charge is 2.72. The van der Waals surface area contributed by atoms with Gasteiger partial charge in [0.2, 0.25) is 0 Å². The van der Waals surface area contributed by atoms with Gasteiger partial charge < -0.3 is 15.1 Å². The molecule has 0 aromatic rings. The van der Waals surface area contributed by atoms with Crippen LogP contribution in [-0.2, 0) is 9.59 Å². The fourth-order valence-corrected chi connectivity index (χ4v) is 2.84. The minimum absolute atomic E-state index is 0.117. The maximum Gasteiger partial charge on any atom is 0.471 e. The molecule has 0 aromatic carbocycles. The van der Waals surface area contributed by atoms with Crippen LogP contribution in [-0.4, -0.2) is 51.9 Å². The fourth-order valence-electron chi connectivity index (χ4n) is 2.84. The molecule has 3 fully saturated rings. The number of rotatable bonds is 2. The smallest absolute Gasteiger partial charge is 0.471 e. The van der Waals surface area contributed by atoms with Gasteiger partial charge in [-0.25, -0.2) is 0 Å². The quantitative estimate of drug-likeness (QED) is 0.725. The largest absolute Gasteiger partial charge is 0.481 e. The highest BCUT2D eigenvalue weighted by molar-refractivity contribution is 5.87. The van der Waals surface area contributed by atoms with E-state index in [0.29, 0.717) is 4.90 Å². The average Bonchev–Trinajstić information content (AvgIpc) is 2.64. The Morgan fingerprint density at radius 1 is 1.29 bits per heavy atom. The Morgan fingerprint density at radius 3 is 2.18 bits per heavy atom. The van der Waals surface area contributed by atoms with E-state index in [4.69, 9.17) is 10.2 Å². The highest BCUT2D eigenvalue weighted by atomic mass is 19.4. The van der Waals surface area contributed by atoms with Crippen LogP contribution in [0.15, 0.2) is 0 Å². The summed E-state index contributed by atoms with van der Waals surface area (Å²) in [5.41, 5.74) is -2.66. The van der Waals surface area contributed by atoms with Crippen LogP contribution in [0.2, 0.25) is 0 Å². The molecule has 0 spiro atoms. The van der Waals surface area contributed by atoms with Crippen LogP contribution in [0.5, 0.6) is 0 Å². The molecule has 3 rings (SSSR count). The zero-order chi connectivity index (χ0) is 13.1. The van der Waals surface area contributed by atoms with E-state index in [0.717, 1.165) is 0 Å². The lowest BCUT2D eigenvalue weighted by Gasteiger charge is -2.44. The molecule has 2 bridgehead atoms. The summed E-state index contributed by atoms with van der Waals surface area (Å²) < 4.78 is 36.9. The molecule has 8 heteroatoms. The van der Waals surface area contributed by atoms with Gasteiger partial charge in [-0.05, 0) is 12.8 Å². The Labute approximate surface area is 93.8 Å². The Bertz CT molecular complexity index is 386. The Morgan fingerprint density at radius 2 is 1.82 bits per heavy atom. The Kier molecular flexibility index (Phi) is 2.23. The van der Waals surface area contributed by atoms with Crippen molar-refractivity contribution in [2.75, 3.05) is 13.2 Å². The predicted octanol–water partition coefficient (Wildman–Crippen LogP) is -0.0132. The normalized spacial score (nSPS) is 35.6. The third kappa shape index (κ3) is 1.43. The van der Waals surface area contributed by atoms with Crippen molar-refractivity contribution in [3.05, 3.63) is 0 Å². The molecule has 2 heterocycles. The van der Waals surface area contributed by atoms with Crippen molar-refractivity contribution in [2.24, 2.45) is 5.41 Å². The monoisotopic (exact) mass is 253 g/mol. The Hall–Kier alpha value is -1.31. The number of fused-ring (bicyclic) bond motifs is 1. The standard InChI is InChI=1S/C9H10F3NO4/c10-9(11,12)5(15)13-3-7(6(16)17)1-8(13,2-7)4-14/h14H,1-4H2,(H,16,17). The molecule has 1 aliphatic carbocycles. The van der Waals surface area contributed by atoms with Crippen molar-refractivity contribution in [1.29, 1.82) is 0 Å². The van der Waals surface area contributed by atoms with Gasteiger partial charge in [-0.15, -0.1) is 0 Å². The van der Waals surface area contributed by atoms with E-state index in [1.165, 1.54) is 0 Å². The summed E-state index contributed by atoms with van der Waals surface area (Å²) in [6.07, 6.45) is -5.28. The van der Waals surface area contributed by atoms with Gasteiger partial charge in [-0.2, -0.15) is 13.2 Å². The van der Waals surface area contributed by atoms with Crippen molar-refractivity contribution < 1.29 is 33.0 Å². The van der Waals surface area contributed by atoms with Crippen LogP contribution in [0.1, 0.15) is 12.8 Å². The number of hydrogen-bond donors (Lipinski definition) is 2. The molecule has 2 aliphatic heterocycles. The topological polar surface area (TPSA) is 77.8 Å². The first kappa shape index (κ1) is 12.2. The number of carbonyl (C=O) groups excluding carboxylic acids is 1. The SMILES string of the molecule is O=C(N1CC2(C(=O)O)CC1(CO)C2)C(F)(F)F. The van der Waals surface area contributed by atoms with Crippen LogP contribution in [0, 0.1) is 5.41 Å².